The predicted molar refractivity (Wildman–Crippen MR) is 122 cm³/mol. The number of rotatable bonds is 8. The molecule has 10 heteroatoms. The normalized spacial score (nSPS) is 10.8. The Morgan fingerprint density at radius 1 is 1.13 bits per heavy atom. The van der Waals surface area contributed by atoms with Crippen LogP contribution in [0.15, 0.2) is 41.6 Å². The highest BCUT2D eigenvalue weighted by Gasteiger charge is 2.15. The summed E-state index contributed by atoms with van der Waals surface area (Å²) >= 11 is 19.4. The van der Waals surface area contributed by atoms with Gasteiger partial charge in [0.1, 0.15) is 12.4 Å². The standard InChI is InChI=1S/C20H19Cl3N4O2S/c1-3-27-18(10-29-17-8-12(2)4-6-14(17)22)25-26-20(27)30-11-19(28)24-16-7-5-13(21)9-15(16)23/h4-9H,3,10-11H2,1-2H3,(H,24,28). The molecule has 0 spiro atoms. The Bertz CT molecular complexity index is 1060. The molecule has 0 atom stereocenters. The number of halogens is 3. The number of hydrogen-bond acceptors (Lipinski definition) is 5. The summed E-state index contributed by atoms with van der Waals surface area (Å²) in [7, 11) is 0. The zero-order chi connectivity index (χ0) is 21.7. The molecule has 0 radical (unpaired) electrons. The quantitative estimate of drug-likeness (QED) is 0.404. The van der Waals surface area contributed by atoms with Crippen molar-refractivity contribution >= 4 is 58.2 Å². The molecule has 1 aromatic heterocycles. The van der Waals surface area contributed by atoms with Crippen LogP contribution in [0.25, 0.3) is 0 Å². The van der Waals surface area contributed by atoms with Gasteiger partial charge in [-0.05, 0) is 49.7 Å². The van der Waals surface area contributed by atoms with Crippen molar-refractivity contribution in [3.05, 3.63) is 62.9 Å². The summed E-state index contributed by atoms with van der Waals surface area (Å²) in [4.78, 5) is 12.3. The molecule has 2 aromatic carbocycles. The lowest BCUT2D eigenvalue weighted by Crippen LogP contribution is -2.15. The maximum atomic E-state index is 12.3. The highest BCUT2D eigenvalue weighted by molar-refractivity contribution is 7.99. The molecule has 0 aliphatic rings. The number of benzene rings is 2. The van der Waals surface area contributed by atoms with Gasteiger partial charge in [-0.3, -0.25) is 4.79 Å². The summed E-state index contributed by atoms with van der Waals surface area (Å²) in [5, 5.41) is 13.2. The number of hydrogen-bond donors (Lipinski definition) is 1. The first kappa shape index (κ1) is 22.7. The summed E-state index contributed by atoms with van der Waals surface area (Å²) in [6.07, 6.45) is 0. The van der Waals surface area contributed by atoms with E-state index in [4.69, 9.17) is 39.5 Å². The summed E-state index contributed by atoms with van der Waals surface area (Å²) < 4.78 is 7.72. The van der Waals surface area contributed by atoms with Crippen LogP contribution < -0.4 is 10.1 Å². The number of carbonyl (C=O) groups is 1. The molecule has 3 rings (SSSR count). The van der Waals surface area contributed by atoms with Gasteiger partial charge < -0.3 is 14.6 Å². The molecule has 1 heterocycles. The Morgan fingerprint density at radius 2 is 1.93 bits per heavy atom. The van der Waals surface area contributed by atoms with E-state index in [1.54, 1.807) is 24.3 Å². The number of thioether (sulfide) groups is 1. The van der Waals surface area contributed by atoms with Crippen molar-refractivity contribution in [2.45, 2.75) is 32.2 Å². The van der Waals surface area contributed by atoms with E-state index in [9.17, 15) is 4.79 Å². The average Bonchev–Trinajstić information content (AvgIpc) is 3.11. The van der Waals surface area contributed by atoms with Crippen LogP contribution in [-0.4, -0.2) is 26.4 Å². The van der Waals surface area contributed by atoms with Gasteiger partial charge in [-0.2, -0.15) is 0 Å². The molecule has 0 bridgehead atoms. The summed E-state index contributed by atoms with van der Waals surface area (Å²) in [5.74, 6) is 1.19. The third-order valence-electron chi connectivity index (χ3n) is 4.09. The molecular formula is C20H19Cl3N4O2S. The van der Waals surface area contributed by atoms with E-state index in [1.165, 1.54) is 11.8 Å². The molecular weight excluding hydrogens is 467 g/mol. The Morgan fingerprint density at radius 3 is 2.67 bits per heavy atom. The molecule has 1 N–H and O–H groups in total. The van der Waals surface area contributed by atoms with Gasteiger partial charge in [-0.15, -0.1) is 10.2 Å². The maximum Gasteiger partial charge on any atom is 0.234 e. The molecule has 0 saturated carbocycles. The second-order valence-corrected chi connectivity index (χ2v) is 8.52. The fourth-order valence-corrected chi connectivity index (χ4v) is 4.07. The van der Waals surface area contributed by atoms with Crippen molar-refractivity contribution in [3.8, 4) is 5.75 Å². The predicted octanol–water partition coefficient (Wildman–Crippen LogP) is 5.88. The van der Waals surface area contributed by atoms with Gasteiger partial charge in [0.2, 0.25) is 5.91 Å². The minimum absolute atomic E-state index is 0.154. The minimum atomic E-state index is -0.209. The van der Waals surface area contributed by atoms with Gasteiger partial charge in [0.15, 0.2) is 11.0 Å². The molecule has 158 valence electrons. The van der Waals surface area contributed by atoms with Crippen LogP contribution in [0.4, 0.5) is 5.69 Å². The monoisotopic (exact) mass is 484 g/mol. The topological polar surface area (TPSA) is 69.0 Å². The smallest absolute Gasteiger partial charge is 0.234 e. The van der Waals surface area contributed by atoms with Gasteiger partial charge in [-0.1, -0.05) is 52.6 Å². The average molecular weight is 486 g/mol. The van der Waals surface area contributed by atoms with Crippen LogP contribution >= 0.6 is 46.6 Å². The molecule has 0 aliphatic heterocycles. The van der Waals surface area contributed by atoms with Crippen LogP contribution in [0.1, 0.15) is 18.3 Å². The molecule has 1 amide bonds. The van der Waals surface area contributed by atoms with Crippen LogP contribution in [0.3, 0.4) is 0 Å². The summed E-state index contributed by atoms with van der Waals surface area (Å²) in [5.41, 5.74) is 1.56. The minimum Gasteiger partial charge on any atom is -0.484 e. The van der Waals surface area contributed by atoms with E-state index in [2.05, 4.69) is 15.5 Å². The number of carbonyl (C=O) groups excluding carboxylic acids is 1. The largest absolute Gasteiger partial charge is 0.484 e. The first-order valence-electron chi connectivity index (χ1n) is 9.06. The third kappa shape index (κ3) is 5.82. The van der Waals surface area contributed by atoms with Gasteiger partial charge in [0, 0.05) is 11.6 Å². The van der Waals surface area contributed by atoms with Gasteiger partial charge in [0.05, 0.1) is 21.5 Å². The first-order chi connectivity index (χ1) is 14.4. The van der Waals surface area contributed by atoms with Gasteiger partial charge >= 0.3 is 0 Å². The molecule has 0 fully saturated rings. The van der Waals surface area contributed by atoms with E-state index in [-0.39, 0.29) is 18.3 Å². The number of ether oxygens (including phenoxy) is 1. The van der Waals surface area contributed by atoms with Crippen molar-refractivity contribution in [3.63, 3.8) is 0 Å². The molecule has 6 nitrogen and oxygen atoms in total. The Labute approximate surface area is 193 Å². The Hall–Kier alpha value is -1.93. The van der Waals surface area contributed by atoms with Gasteiger partial charge in [0.25, 0.3) is 0 Å². The zero-order valence-corrected chi connectivity index (χ0v) is 19.4. The highest BCUT2D eigenvalue weighted by Crippen LogP contribution is 2.27. The van der Waals surface area contributed by atoms with E-state index < -0.39 is 0 Å². The maximum absolute atomic E-state index is 12.3. The Kier molecular flexibility index (Phi) is 7.88. The van der Waals surface area contributed by atoms with Crippen molar-refractivity contribution in [1.29, 1.82) is 0 Å². The molecule has 0 unspecified atom stereocenters. The molecule has 0 saturated heterocycles. The Balaban J connectivity index is 1.61. The second kappa shape index (κ2) is 10.4. The SMILES string of the molecule is CCn1c(COc2cc(C)ccc2Cl)nnc1SCC(=O)Nc1ccc(Cl)cc1Cl. The first-order valence-corrected chi connectivity index (χ1v) is 11.2. The number of nitrogens with one attached hydrogen (secondary N) is 1. The van der Waals surface area contributed by atoms with E-state index >= 15 is 0 Å². The lowest BCUT2D eigenvalue weighted by molar-refractivity contribution is -0.113. The summed E-state index contributed by atoms with van der Waals surface area (Å²) in [6.45, 7) is 4.80. The zero-order valence-electron chi connectivity index (χ0n) is 16.3. The second-order valence-electron chi connectivity index (χ2n) is 6.33. The fraction of sp³-hybridized carbons (Fsp3) is 0.250. The van der Waals surface area contributed by atoms with Crippen molar-refractivity contribution in [2.75, 3.05) is 11.1 Å². The molecule has 3 aromatic rings. The van der Waals surface area contributed by atoms with Gasteiger partial charge in [-0.25, -0.2) is 0 Å². The van der Waals surface area contributed by atoms with Crippen LogP contribution in [0, 0.1) is 6.92 Å². The van der Waals surface area contributed by atoms with E-state index in [0.717, 1.165) is 5.56 Å². The number of aromatic nitrogens is 3. The number of anilines is 1. The van der Waals surface area contributed by atoms with Crippen LogP contribution in [-0.2, 0) is 17.9 Å². The lowest BCUT2D eigenvalue weighted by Gasteiger charge is -2.10. The highest BCUT2D eigenvalue weighted by atomic mass is 35.5. The fourth-order valence-electron chi connectivity index (χ4n) is 2.62. The number of nitrogens with zero attached hydrogens (tertiary/aromatic N) is 3. The van der Waals surface area contributed by atoms with Crippen LogP contribution in [0.5, 0.6) is 5.75 Å². The molecule has 30 heavy (non-hydrogen) atoms. The lowest BCUT2D eigenvalue weighted by atomic mass is 10.2. The number of aryl methyl sites for hydroxylation is 1. The van der Waals surface area contributed by atoms with Crippen molar-refractivity contribution < 1.29 is 9.53 Å². The van der Waals surface area contributed by atoms with Crippen molar-refractivity contribution in [1.82, 2.24) is 14.8 Å². The van der Waals surface area contributed by atoms with E-state index in [1.807, 2.05) is 30.5 Å². The molecule has 0 aliphatic carbocycles. The third-order valence-corrected chi connectivity index (χ3v) is 5.92. The van der Waals surface area contributed by atoms with E-state index in [0.29, 0.717) is 44.0 Å². The number of amides is 1. The van der Waals surface area contributed by atoms with Crippen molar-refractivity contribution in [2.24, 2.45) is 0 Å². The summed E-state index contributed by atoms with van der Waals surface area (Å²) in [6, 6.07) is 10.5. The van der Waals surface area contributed by atoms with Crippen LogP contribution in [0.2, 0.25) is 15.1 Å².